The number of rotatable bonds is 6. The first-order valence-electron chi connectivity index (χ1n) is 12.6. The Morgan fingerprint density at radius 3 is 2.59 bits per heavy atom. The molecule has 9 heteroatoms. The molecule has 0 bridgehead atoms. The van der Waals surface area contributed by atoms with Gasteiger partial charge in [-0.3, -0.25) is 4.79 Å². The quantitative estimate of drug-likeness (QED) is 0.594. The van der Waals surface area contributed by atoms with Gasteiger partial charge in [0, 0.05) is 32.0 Å². The van der Waals surface area contributed by atoms with E-state index in [2.05, 4.69) is 37.1 Å². The van der Waals surface area contributed by atoms with Crippen LogP contribution in [0.2, 0.25) is 0 Å². The fraction of sp³-hybridized carbons (Fsp3) is 0.600. The minimum atomic E-state index is -0.337. The Kier molecular flexibility index (Phi) is 6.43. The summed E-state index contributed by atoms with van der Waals surface area (Å²) in [5, 5.41) is 3.42. The number of aryl methyl sites for hydroxylation is 2. The van der Waals surface area contributed by atoms with Gasteiger partial charge in [-0.1, -0.05) is 26.2 Å². The van der Waals surface area contributed by atoms with Gasteiger partial charge in [0.2, 0.25) is 5.91 Å². The molecule has 9 nitrogen and oxygen atoms in total. The van der Waals surface area contributed by atoms with Crippen LogP contribution in [0.1, 0.15) is 58.2 Å². The molecule has 1 saturated heterocycles. The van der Waals surface area contributed by atoms with Crippen molar-refractivity contribution < 1.29 is 4.79 Å². The van der Waals surface area contributed by atoms with Crippen molar-refractivity contribution in [2.24, 2.45) is 11.8 Å². The number of likely N-dealkylation sites (tertiary alicyclic amines) is 1. The van der Waals surface area contributed by atoms with Gasteiger partial charge in [0.05, 0.1) is 5.56 Å². The topological polar surface area (TPSA) is 102 Å². The number of piperidine rings is 1. The minimum absolute atomic E-state index is 0.167. The third kappa shape index (κ3) is 4.23. The van der Waals surface area contributed by atoms with Gasteiger partial charge in [-0.05, 0) is 44.9 Å². The van der Waals surface area contributed by atoms with E-state index < -0.39 is 0 Å². The molecule has 4 heterocycles. The Labute approximate surface area is 200 Å². The molecule has 0 radical (unpaired) electrons. The van der Waals surface area contributed by atoms with Gasteiger partial charge in [-0.15, -0.1) is 0 Å². The van der Waals surface area contributed by atoms with Gasteiger partial charge in [-0.25, -0.2) is 24.9 Å². The molecule has 3 aromatic rings. The normalized spacial score (nSPS) is 21.3. The van der Waals surface area contributed by atoms with Crippen LogP contribution in [0.4, 0.5) is 5.82 Å². The molecular formula is C25H34N8O. The third-order valence-electron chi connectivity index (χ3n) is 7.51. The second-order valence-corrected chi connectivity index (χ2v) is 9.58. The van der Waals surface area contributed by atoms with Gasteiger partial charge in [0.1, 0.15) is 24.0 Å². The van der Waals surface area contributed by atoms with Crippen molar-refractivity contribution in [1.82, 2.24) is 34.4 Å². The summed E-state index contributed by atoms with van der Waals surface area (Å²) in [5.74, 6) is 3.69. The zero-order valence-corrected chi connectivity index (χ0v) is 20.4. The maximum atomic E-state index is 13.5. The first-order valence-corrected chi connectivity index (χ1v) is 12.6. The second-order valence-electron chi connectivity index (χ2n) is 9.58. The maximum Gasteiger partial charge on any atom is 0.245 e. The number of carbonyl (C=O) groups excluding carboxylic acids is 1. The van der Waals surface area contributed by atoms with Crippen LogP contribution in [-0.4, -0.2) is 59.4 Å². The fourth-order valence-corrected chi connectivity index (χ4v) is 5.60. The standard InChI is InChI=1S/C25H34N8O/c1-4-20(25(34)32-11-10-17-8-6-7-9-18(17)14-32)30-22-21-24(29-15-28-22)33(5-2)23(31-21)19-12-26-16(3)27-13-19/h12-13,15,17-18,20H,4-11,14H2,1-3H3,(H,28,29,30)/t17-,18+,20+/m0/s1. The molecule has 0 unspecified atom stereocenters. The summed E-state index contributed by atoms with van der Waals surface area (Å²) in [6.07, 6.45) is 12.1. The lowest BCUT2D eigenvalue weighted by Crippen LogP contribution is -2.50. The molecule has 0 spiro atoms. The number of fused-ring (bicyclic) bond motifs is 2. The van der Waals surface area contributed by atoms with Crippen LogP contribution in [0.15, 0.2) is 18.7 Å². The first kappa shape index (κ1) is 22.7. The number of imidazole rings is 1. The maximum absolute atomic E-state index is 13.5. The number of aromatic nitrogens is 6. The van der Waals surface area contributed by atoms with E-state index in [4.69, 9.17) is 4.98 Å². The van der Waals surface area contributed by atoms with Gasteiger partial charge in [0.25, 0.3) is 0 Å². The molecule has 1 saturated carbocycles. The number of anilines is 1. The summed E-state index contributed by atoms with van der Waals surface area (Å²) in [7, 11) is 0. The van der Waals surface area contributed by atoms with Crippen LogP contribution in [0, 0.1) is 18.8 Å². The second kappa shape index (κ2) is 9.64. The zero-order chi connectivity index (χ0) is 23.7. The Hall–Kier alpha value is -3.10. The molecule has 0 aromatic carbocycles. The SMILES string of the molecule is CC[C@@H](Nc1ncnc2c1nc(-c1cnc(C)nc1)n2CC)C(=O)N1CC[C@@H]2CCCC[C@@H]2C1. The van der Waals surface area contributed by atoms with Crippen molar-refractivity contribution in [3.05, 3.63) is 24.5 Å². The average molecular weight is 463 g/mol. The van der Waals surface area contributed by atoms with Crippen LogP contribution in [0.3, 0.4) is 0 Å². The van der Waals surface area contributed by atoms with Crippen LogP contribution in [0.5, 0.6) is 0 Å². The first-order chi connectivity index (χ1) is 16.6. The molecule has 1 aliphatic carbocycles. The number of hydrogen-bond acceptors (Lipinski definition) is 7. The average Bonchev–Trinajstić information content (AvgIpc) is 3.26. The van der Waals surface area contributed by atoms with E-state index >= 15 is 0 Å². The summed E-state index contributed by atoms with van der Waals surface area (Å²) in [6, 6.07) is -0.337. The predicted molar refractivity (Wildman–Crippen MR) is 131 cm³/mol. The van der Waals surface area contributed by atoms with E-state index in [0.717, 1.165) is 42.5 Å². The van der Waals surface area contributed by atoms with Gasteiger partial charge >= 0.3 is 0 Å². The van der Waals surface area contributed by atoms with Crippen LogP contribution < -0.4 is 5.32 Å². The number of amides is 1. The molecule has 3 aromatic heterocycles. The predicted octanol–water partition coefficient (Wildman–Crippen LogP) is 3.84. The summed E-state index contributed by atoms with van der Waals surface area (Å²) >= 11 is 0. The lowest BCUT2D eigenvalue weighted by atomic mass is 9.75. The van der Waals surface area contributed by atoms with Gasteiger partial charge < -0.3 is 14.8 Å². The van der Waals surface area contributed by atoms with Crippen molar-refractivity contribution in [3.63, 3.8) is 0 Å². The van der Waals surface area contributed by atoms with Gasteiger partial charge in [-0.2, -0.15) is 0 Å². The lowest BCUT2D eigenvalue weighted by Gasteiger charge is -2.42. The largest absolute Gasteiger partial charge is 0.356 e. The van der Waals surface area contributed by atoms with Crippen LogP contribution in [0.25, 0.3) is 22.6 Å². The monoisotopic (exact) mass is 462 g/mol. The van der Waals surface area contributed by atoms with Crippen molar-refractivity contribution in [2.45, 2.75) is 71.9 Å². The summed E-state index contributed by atoms with van der Waals surface area (Å²) in [6.45, 7) is 8.41. The molecular weight excluding hydrogens is 428 g/mol. The smallest absolute Gasteiger partial charge is 0.245 e. The lowest BCUT2D eigenvalue weighted by molar-refractivity contribution is -0.135. The Balaban J connectivity index is 1.41. The Morgan fingerprint density at radius 2 is 1.85 bits per heavy atom. The van der Waals surface area contributed by atoms with E-state index in [1.807, 2.05) is 18.4 Å². The molecule has 5 rings (SSSR count). The molecule has 2 fully saturated rings. The highest BCUT2D eigenvalue weighted by Gasteiger charge is 2.35. The summed E-state index contributed by atoms with van der Waals surface area (Å²) in [5.41, 5.74) is 2.23. The van der Waals surface area contributed by atoms with Crippen molar-refractivity contribution in [2.75, 3.05) is 18.4 Å². The van der Waals surface area contributed by atoms with Crippen LogP contribution in [-0.2, 0) is 11.3 Å². The molecule has 2 aliphatic rings. The Morgan fingerprint density at radius 1 is 1.09 bits per heavy atom. The van der Waals surface area contributed by atoms with E-state index in [1.165, 1.54) is 25.7 Å². The fourth-order valence-electron chi connectivity index (χ4n) is 5.60. The van der Waals surface area contributed by atoms with E-state index in [0.29, 0.717) is 36.0 Å². The van der Waals surface area contributed by atoms with Crippen LogP contribution >= 0.6 is 0 Å². The van der Waals surface area contributed by atoms with Crippen molar-refractivity contribution >= 4 is 22.9 Å². The molecule has 1 amide bonds. The Bertz CT molecular complexity index is 1160. The summed E-state index contributed by atoms with van der Waals surface area (Å²) in [4.78, 5) is 38.1. The third-order valence-corrected chi connectivity index (χ3v) is 7.51. The number of hydrogen-bond donors (Lipinski definition) is 1. The highest BCUT2D eigenvalue weighted by atomic mass is 16.2. The molecule has 34 heavy (non-hydrogen) atoms. The molecule has 180 valence electrons. The highest BCUT2D eigenvalue weighted by Crippen LogP contribution is 2.36. The van der Waals surface area contributed by atoms with E-state index in [-0.39, 0.29) is 11.9 Å². The molecule has 1 N–H and O–H groups in total. The van der Waals surface area contributed by atoms with E-state index in [1.54, 1.807) is 18.7 Å². The van der Waals surface area contributed by atoms with Crippen molar-refractivity contribution in [3.8, 4) is 11.4 Å². The summed E-state index contributed by atoms with van der Waals surface area (Å²) < 4.78 is 2.03. The van der Waals surface area contributed by atoms with Crippen molar-refractivity contribution in [1.29, 1.82) is 0 Å². The zero-order valence-electron chi connectivity index (χ0n) is 20.4. The number of nitrogens with zero attached hydrogens (tertiary/aromatic N) is 7. The molecule has 3 atom stereocenters. The molecule has 1 aliphatic heterocycles. The number of nitrogens with one attached hydrogen (secondary N) is 1. The van der Waals surface area contributed by atoms with E-state index in [9.17, 15) is 4.79 Å². The minimum Gasteiger partial charge on any atom is -0.356 e. The highest BCUT2D eigenvalue weighted by molar-refractivity contribution is 5.90. The van der Waals surface area contributed by atoms with Gasteiger partial charge in [0.15, 0.2) is 17.0 Å². The number of carbonyl (C=O) groups is 1.